The number of rotatable bonds is 10. The first-order chi connectivity index (χ1) is 17.5. The number of fused-ring (bicyclic) bond motifs is 1. The maximum Gasteiger partial charge on any atom is 0.336 e. The van der Waals surface area contributed by atoms with Crippen molar-refractivity contribution in [3.63, 3.8) is 0 Å². The van der Waals surface area contributed by atoms with Crippen LogP contribution in [0.25, 0.3) is 6.08 Å². The van der Waals surface area contributed by atoms with Gasteiger partial charge in [0, 0.05) is 6.08 Å². The van der Waals surface area contributed by atoms with Gasteiger partial charge in [0.05, 0.1) is 30.5 Å². The van der Waals surface area contributed by atoms with Gasteiger partial charge in [0.25, 0.3) is 11.8 Å². The highest BCUT2D eigenvalue weighted by atomic mass is 16.5. The third kappa shape index (κ3) is 5.46. The van der Waals surface area contributed by atoms with Crippen LogP contribution in [0.3, 0.4) is 0 Å². The van der Waals surface area contributed by atoms with Gasteiger partial charge in [-0.2, -0.15) is 0 Å². The number of unbranched alkanes of at least 4 members (excludes halogenated alkanes) is 2. The summed E-state index contributed by atoms with van der Waals surface area (Å²) >= 11 is 0. The predicted molar refractivity (Wildman–Crippen MR) is 137 cm³/mol. The van der Waals surface area contributed by atoms with E-state index in [4.69, 9.17) is 14.2 Å². The molecule has 0 saturated carbocycles. The van der Waals surface area contributed by atoms with E-state index in [0.29, 0.717) is 40.7 Å². The Morgan fingerprint density at radius 3 is 2.22 bits per heavy atom. The van der Waals surface area contributed by atoms with Crippen LogP contribution in [0, 0.1) is 0 Å². The van der Waals surface area contributed by atoms with Gasteiger partial charge in [-0.1, -0.05) is 38.0 Å². The molecule has 3 aromatic rings. The molecular formula is C29H27NO6. The van der Waals surface area contributed by atoms with Crippen molar-refractivity contribution in [3.8, 4) is 17.2 Å². The van der Waals surface area contributed by atoms with Gasteiger partial charge < -0.3 is 14.2 Å². The number of hydrogen-bond donors (Lipinski definition) is 0. The number of amides is 2. The highest BCUT2D eigenvalue weighted by molar-refractivity contribution is 6.34. The quantitative estimate of drug-likeness (QED) is 0.121. The van der Waals surface area contributed by atoms with Crippen LogP contribution >= 0.6 is 0 Å². The van der Waals surface area contributed by atoms with Crippen LogP contribution in [0.15, 0.2) is 72.8 Å². The van der Waals surface area contributed by atoms with Crippen LogP contribution in [0.2, 0.25) is 0 Å². The molecule has 1 heterocycles. The second kappa shape index (κ2) is 11.4. The highest BCUT2D eigenvalue weighted by Crippen LogP contribution is 2.30. The number of hydrogen-bond acceptors (Lipinski definition) is 6. The first-order valence-electron chi connectivity index (χ1n) is 11.8. The first-order valence-corrected chi connectivity index (χ1v) is 11.8. The van der Waals surface area contributed by atoms with Crippen LogP contribution < -0.4 is 19.1 Å². The van der Waals surface area contributed by atoms with E-state index in [0.717, 1.165) is 29.7 Å². The summed E-state index contributed by atoms with van der Waals surface area (Å²) in [6.07, 6.45) is 6.15. The number of methoxy groups -OCH3 is 1. The van der Waals surface area contributed by atoms with Gasteiger partial charge in [-0.15, -0.1) is 0 Å². The van der Waals surface area contributed by atoms with Gasteiger partial charge in [0.1, 0.15) is 5.75 Å². The molecule has 2 amide bonds. The van der Waals surface area contributed by atoms with Gasteiger partial charge >= 0.3 is 5.97 Å². The van der Waals surface area contributed by atoms with Gasteiger partial charge in [-0.3, -0.25) is 9.59 Å². The largest absolute Gasteiger partial charge is 0.493 e. The van der Waals surface area contributed by atoms with Crippen LogP contribution in [-0.2, 0) is 4.79 Å². The van der Waals surface area contributed by atoms with Crippen LogP contribution in [0.4, 0.5) is 5.69 Å². The van der Waals surface area contributed by atoms with E-state index in [1.807, 2.05) is 12.1 Å². The van der Waals surface area contributed by atoms with E-state index in [2.05, 4.69) is 6.92 Å². The molecule has 1 aliphatic rings. The van der Waals surface area contributed by atoms with E-state index in [1.54, 1.807) is 67.8 Å². The summed E-state index contributed by atoms with van der Waals surface area (Å²) < 4.78 is 16.5. The molecule has 184 valence electrons. The molecule has 0 radical (unpaired) electrons. The van der Waals surface area contributed by atoms with Gasteiger partial charge in [0.2, 0.25) is 0 Å². The third-order valence-corrected chi connectivity index (χ3v) is 5.71. The summed E-state index contributed by atoms with van der Waals surface area (Å²) in [6.45, 7) is 2.76. The lowest BCUT2D eigenvalue weighted by atomic mass is 10.1. The molecule has 36 heavy (non-hydrogen) atoms. The number of carbonyl (C=O) groups excluding carboxylic acids is 3. The maximum atomic E-state index is 12.6. The van der Waals surface area contributed by atoms with Gasteiger partial charge in [0.15, 0.2) is 11.5 Å². The summed E-state index contributed by atoms with van der Waals surface area (Å²) in [5.41, 5.74) is 1.90. The maximum absolute atomic E-state index is 12.6. The number of ether oxygens (including phenoxy) is 3. The Hall–Kier alpha value is -4.39. The van der Waals surface area contributed by atoms with Crippen molar-refractivity contribution >= 4 is 29.5 Å². The molecule has 0 N–H and O–H groups in total. The Kier molecular flexibility index (Phi) is 7.80. The van der Waals surface area contributed by atoms with E-state index >= 15 is 0 Å². The average molecular weight is 486 g/mol. The topological polar surface area (TPSA) is 82.1 Å². The molecule has 0 bridgehead atoms. The number of nitrogens with zero attached hydrogens (tertiary/aromatic N) is 1. The highest BCUT2D eigenvalue weighted by Gasteiger charge is 2.36. The Balaban J connectivity index is 1.36. The van der Waals surface area contributed by atoms with E-state index in [1.165, 1.54) is 6.08 Å². The van der Waals surface area contributed by atoms with Crippen molar-refractivity contribution in [2.75, 3.05) is 18.6 Å². The average Bonchev–Trinajstić information content (AvgIpc) is 3.16. The molecule has 0 fully saturated rings. The fourth-order valence-corrected chi connectivity index (χ4v) is 3.84. The lowest BCUT2D eigenvalue weighted by Gasteiger charge is -2.14. The van der Waals surface area contributed by atoms with Crippen molar-refractivity contribution < 1.29 is 28.6 Å². The second-order valence-electron chi connectivity index (χ2n) is 8.21. The number of carbonyl (C=O) groups is 3. The van der Waals surface area contributed by atoms with Crippen molar-refractivity contribution in [2.24, 2.45) is 0 Å². The number of benzene rings is 3. The van der Waals surface area contributed by atoms with Crippen LogP contribution in [-0.4, -0.2) is 31.5 Å². The summed E-state index contributed by atoms with van der Waals surface area (Å²) in [7, 11) is 1.57. The SMILES string of the molecule is CCCCCOc1ccc(/C=C/C(=O)Oc2ccc(N3C(=O)c4ccccc4C3=O)cc2)cc1OC. The Morgan fingerprint density at radius 2 is 1.58 bits per heavy atom. The fraction of sp³-hybridized carbons (Fsp3) is 0.207. The minimum Gasteiger partial charge on any atom is -0.493 e. The first kappa shape index (κ1) is 24.7. The van der Waals surface area contributed by atoms with E-state index in [-0.39, 0.29) is 11.8 Å². The monoisotopic (exact) mass is 485 g/mol. The smallest absolute Gasteiger partial charge is 0.336 e. The molecule has 0 spiro atoms. The van der Waals surface area contributed by atoms with Gasteiger partial charge in [-0.05, 0) is 66.6 Å². The molecule has 0 saturated heterocycles. The van der Waals surface area contributed by atoms with Crippen molar-refractivity contribution in [1.82, 2.24) is 0 Å². The minimum atomic E-state index is -0.567. The van der Waals surface area contributed by atoms with Crippen molar-refractivity contribution in [3.05, 3.63) is 89.5 Å². The standard InChI is InChI=1S/C29H27NO6/c1-3-4-7-18-35-25-16-10-20(19-26(25)34-2)11-17-27(31)36-22-14-12-21(13-15-22)30-28(32)23-8-5-6-9-24(23)29(30)33/h5-6,8-17,19H,3-4,7,18H2,1-2H3/b17-11+. The zero-order valence-corrected chi connectivity index (χ0v) is 20.2. The zero-order chi connectivity index (χ0) is 25.5. The minimum absolute atomic E-state index is 0.290. The molecule has 0 unspecified atom stereocenters. The molecule has 0 aliphatic carbocycles. The Morgan fingerprint density at radius 1 is 0.889 bits per heavy atom. The number of anilines is 1. The molecular weight excluding hydrogens is 458 g/mol. The molecule has 0 atom stereocenters. The lowest BCUT2D eigenvalue weighted by Crippen LogP contribution is -2.29. The normalized spacial score (nSPS) is 12.7. The third-order valence-electron chi connectivity index (χ3n) is 5.71. The molecule has 7 nitrogen and oxygen atoms in total. The Labute approximate surface area is 209 Å². The molecule has 3 aromatic carbocycles. The molecule has 7 heteroatoms. The summed E-state index contributed by atoms with van der Waals surface area (Å²) in [4.78, 5) is 38.7. The zero-order valence-electron chi connectivity index (χ0n) is 20.2. The Bertz CT molecular complexity index is 1260. The number of esters is 1. The fourth-order valence-electron chi connectivity index (χ4n) is 3.84. The van der Waals surface area contributed by atoms with Crippen molar-refractivity contribution in [1.29, 1.82) is 0 Å². The molecule has 1 aliphatic heterocycles. The van der Waals surface area contributed by atoms with Crippen LogP contribution in [0.1, 0.15) is 52.5 Å². The lowest BCUT2D eigenvalue weighted by molar-refractivity contribution is -0.128. The van der Waals surface area contributed by atoms with Gasteiger partial charge in [-0.25, -0.2) is 9.69 Å². The van der Waals surface area contributed by atoms with Crippen LogP contribution in [0.5, 0.6) is 17.2 Å². The second-order valence-corrected chi connectivity index (χ2v) is 8.21. The molecule has 4 rings (SSSR count). The molecule has 0 aromatic heterocycles. The number of imide groups is 1. The summed E-state index contributed by atoms with van der Waals surface area (Å²) in [5.74, 6) is 0.213. The van der Waals surface area contributed by atoms with Crippen molar-refractivity contribution in [2.45, 2.75) is 26.2 Å². The summed E-state index contributed by atoms with van der Waals surface area (Å²) in [6, 6.07) is 18.3. The van der Waals surface area contributed by atoms with E-state index in [9.17, 15) is 14.4 Å². The summed E-state index contributed by atoms with van der Waals surface area (Å²) in [5, 5.41) is 0. The predicted octanol–water partition coefficient (Wildman–Crippen LogP) is 5.68. The van der Waals surface area contributed by atoms with E-state index < -0.39 is 5.97 Å².